The summed E-state index contributed by atoms with van der Waals surface area (Å²) in [4.78, 5) is 6.77. The minimum Gasteiger partial charge on any atom is -0.380 e. The normalized spacial score (nSPS) is 10.3. The molecular weight excluding hydrogens is 232 g/mol. The maximum Gasteiger partial charge on any atom is 0.141 e. The minimum atomic E-state index is 0.661. The van der Waals surface area contributed by atoms with Gasteiger partial charge in [-0.15, -0.1) is 11.3 Å². The summed E-state index contributed by atoms with van der Waals surface area (Å²) in [6.45, 7) is 5.11. The summed E-state index contributed by atoms with van der Waals surface area (Å²) in [7, 11) is 0. The van der Waals surface area contributed by atoms with E-state index in [1.54, 1.807) is 6.20 Å². The van der Waals surface area contributed by atoms with Crippen LogP contribution in [-0.4, -0.2) is 4.98 Å². The number of rotatable bonds is 4. The first-order chi connectivity index (χ1) is 8.19. The van der Waals surface area contributed by atoms with Crippen molar-refractivity contribution in [3.63, 3.8) is 0 Å². The number of nitrogens with zero attached hydrogens (tertiary/aromatic N) is 1. The summed E-state index contributed by atoms with van der Waals surface area (Å²) in [5.74, 6) is 5.97. The van der Waals surface area contributed by atoms with Crippen LogP contribution in [0.1, 0.15) is 15.3 Å². The average molecular weight is 248 g/mol. The molecule has 0 radical (unpaired) electrons. The lowest BCUT2D eigenvalue weighted by Gasteiger charge is -2.06. The van der Waals surface area contributed by atoms with Gasteiger partial charge >= 0.3 is 0 Å². The number of nitrogens with two attached hydrogens (primary N) is 1. The third-order valence-corrected chi connectivity index (χ3v) is 3.74. The second kappa shape index (κ2) is 5.16. The first-order valence-electron chi connectivity index (χ1n) is 5.41. The molecule has 5 heteroatoms. The van der Waals surface area contributed by atoms with Crippen molar-refractivity contribution in [1.82, 2.24) is 4.98 Å². The zero-order valence-corrected chi connectivity index (χ0v) is 10.8. The van der Waals surface area contributed by atoms with Crippen LogP contribution in [0, 0.1) is 13.8 Å². The van der Waals surface area contributed by atoms with Crippen molar-refractivity contribution >= 4 is 22.8 Å². The Kier molecular flexibility index (Phi) is 3.61. The molecule has 0 saturated heterocycles. The van der Waals surface area contributed by atoms with Crippen LogP contribution in [0.15, 0.2) is 24.4 Å². The maximum absolute atomic E-state index is 5.31. The molecule has 0 aliphatic carbocycles. The Labute approximate surface area is 105 Å². The summed E-state index contributed by atoms with van der Waals surface area (Å²) >= 11 is 1.83. The second-order valence-electron chi connectivity index (χ2n) is 3.88. The van der Waals surface area contributed by atoms with Crippen LogP contribution >= 0.6 is 11.3 Å². The first-order valence-corrected chi connectivity index (χ1v) is 6.23. The third kappa shape index (κ3) is 2.95. The van der Waals surface area contributed by atoms with Crippen molar-refractivity contribution < 1.29 is 0 Å². The Bertz CT molecular complexity index is 487. The maximum atomic E-state index is 5.31. The van der Waals surface area contributed by atoms with E-state index in [1.807, 2.05) is 23.5 Å². The van der Waals surface area contributed by atoms with Gasteiger partial charge in [0, 0.05) is 34.2 Å². The Morgan fingerprint density at radius 3 is 2.82 bits per heavy atom. The van der Waals surface area contributed by atoms with E-state index >= 15 is 0 Å². The van der Waals surface area contributed by atoms with E-state index in [9.17, 15) is 0 Å². The van der Waals surface area contributed by atoms with Crippen LogP contribution in [0.2, 0.25) is 0 Å². The van der Waals surface area contributed by atoms with E-state index in [-0.39, 0.29) is 0 Å². The largest absolute Gasteiger partial charge is 0.380 e. The summed E-state index contributed by atoms with van der Waals surface area (Å²) in [6, 6.07) is 6.03. The van der Waals surface area contributed by atoms with Crippen LogP contribution in [0.3, 0.4) is 0 Å². The topological polar surface area (TPSA) is 63.0 Å². The standard InChI is InChI=1S/C12H16N4S/c1-8-5-11(17-9(8)2)7-15-10-3-4-14-12(6-10)16-13/h3-6H,7,13H2,1-2H3,(H2,14,15,16). The highest BCUT2D eigenvalue weighted by Crippen LogP contribution is 2.21. The third-order valence-electron chi connectivity index (χ3n) is 2.59. The number of hydrazine groups is 1. The number of pyridine rings is 1. The van der Waals surface area contributed by atoms with E-state index < -0.39 is 0 Å². The lowest BCUT2D eigenvalue weighted by atomic mass is 10.3. The summed E-state index contributed by atoms with van der Waals surface area (Å²) in [5.41, 5.74) is 4.89. The van der Waals surface area contributed by atoms with Gasteiger partial charge in [-0.25, -0.2) is 10.8 Å². The molecule has 0 aliphatic heterocycles. The van der Waals surface area contributed by atoms with Gasteiger partial charge in [0.25, 0.3) is 0 Å². The van der Waals surface area contributed by atoms with Crippen LogP contribution in [0.5, 0.6) is 0 Å². The Hall–Kier alpha value is -1.59. The average Bonchev–Trinajstić information content (AvgIpc) is 2.67. The predicted molar refractivity (Wildman–Crippen MR) is 73.2 cm³/mol. The Balaban J connectivity index is 2.01. The molecule has 4 nitrogen and oxygen atoms in total. The van der Waals surface area contributed by atoms with Gasteiger partial charge in [-0.3, -0.25) is 0 Å². The zero-order chi connectivity index (χ0) is 12.3. The van der Waals surface area contributed by atoms with Gasteiger partial charge in [0.05, 0.1) is 0 Å². The van der Waals surface area contributed by atoms with E-state index in [0.29, 0.717) is 5.82 Å². The molecule has 90 valence electrons. The number of anilines is 2. The van der Waals surface area contributed by atoms with Crippen molar-refractivity contribution in [1.29, 1.82) is 0 Å². The number of hydrogen-bond acceptors (Lipinski definition) is 5. The molecule has 0 saturated carbocycles. The van der Waals surface area contributed by atoms with E-state index in [4.69, 9.17) is 5.84 Å². The van der Waals surface area contributed by atoms with Gasteiger partial charge < -0.3 is 10.7 Å². The van der Waals surface area contributed by atoms with Crippen molar-refractivity contribution in [2.45, 2.75) is 20.4 Å². The molecule has 2 heterocycles. The molecule has 0 atom stereocenters. The fourth-order valence-corrected chi connectivity index (χ4v) is 2.54. The minimum absolute atomic E-state index is 0.661. The summed E-state index contributed by atoms with van der Waals surface area (Å²) in [6.07, 6.45) is 1.72. The Morgan fingerprint density at radius 1 is 1.35 bits per heavy atom. The molecule has 0 unspecified atom stereocenters. The highest BCUT2D eigenvalue weighted by Gasteiger charge is 2.01. The monoisotopic (exact) mass is 248 g/mol. The number of nitrogen functional groups attached to an aromatic ring is 1. The van der Waals surface area contributed by atoms with Gasteiger partial charge in [0.1, 0.15) is 5.82 Å². The van der Waals surface area contributed by atoms with Crippen LogP contribution in [0.4, 0.5) is 11.5 Å². The van der Waals surface area contributed by atoms with E-state index in [0.717, 1.165) is 12.2 Å². The molecule has 0 aliphatic rings. The van der Waals surface area contributed by atoms with E-state index in [1.165, 1.54) is 15.3 Å². The van der Waals surface area contributed by atoms with Crippen molar-refractivity contribution in [3.8, 4) is 0 Å². The smallest absolute Gasteiger partial charge is 0.141 e. The van der Waals surface area contributed by atoms with Crippen LogP contribution < -0.4 is 16.6 Å². The van der Waals surface area contributed by atoms with Crippen LogP contribution in [0.25, 0.3) is 0 Å². The number of aromatic nitrogens is 1. The van der Waals surface area contributed by atoms with Gasteiger partial charge in [0.15, 0.2) is 0 Å². The lowest BCUT2D eigenvalue weighted by Crippen LogP contribution is -2.08. The summed E-state index contributed by atoms with van der Waals surface area (Å²) in [5, 5.41) is 3.35. The van der Waals surface area contributed by atoms with Gasteiger partial charge in [-0.05, 0) is 31.5 Å². The fraction of sp³-hybridized carbons (Fsp3) is 0.250. The van der Waals surface area contributed by atoms with Gasteiger partial charge in [-0.2, -0.15) is 0 Å². The second-order valence-corrected chi connectivity index (χ2v) is 5.22. The highest BCUT2D eigenvalue weighted by atomic mass is 32.1. The van der Waals surface area contributed by atoms with Gasteiger partial charge in [0.2, 0.25) is 0 Å². The number of thiophene rings is 1. The molecule has 2 aromatic heterocycles. The number of hydrogen-bond donors (Lipinski definition) is 3. The summed E-state index contributed by atoms with van der Waals surface area (Å²) < 4.78 is 0. The fourth-order valence-electron chi connectivity index (χ4n) is 1.55. The van der Waals surface area contributed by atoms with Gasteiger partial charge in [-0.1, -0.05) is 0 Å². The first kappa shape index (κ1) is 11.9. The molecule has 0 bridgehead atoms. The van der Waals surface area contributed by atoms with Crippen LogP contribution in [-0.2, 0) is 6.54 Å². The molecule has 0 amide bonds. The molecule has 0 aromatic carbocycles. The zero-order valence-electron chi connectivity index (χ0n) is 9.95. The van der Waals surface area contributed by atoms with Crippen molar-refractivity contribution in [2.75, 3.05) is 10.7 Å². The van der Waals surface area contributed by atoms with Crippen molar-refractivity contribution in [3.05, 3.63) is 39.7 Å². The molecule has 0 fully saturated rings. The SMILES string of the molecule is Cc1cc(CNc2ccnc(NN)c2)sc1C. The molecule has 2 rings (SSSR count). The lowest BCUT2D eigenvalue weighted by molar-refractivity contribution is 1.17. The predicted octanol–water partition coefficient (Wildman–Crippen LogP) is 2.66. The van der Waals surface area contributed by atoms with E-state index in [2.05, 4.69) is 35.6 Å². The van der Waals surface area contributed by atoms with Crippen molar-refractivity contribution in [2.24, 2.45) is 5.84 Å². The highest BCUT2D eigenvalue weighted by molar-refractivity contribution is 7.12. The molecule has 4 N–H and O–H groups in total. The Morgan fingerprint density at radius 2 is 2.18 bits per heavy atom. The number of nitrogens with one attached hydrogen (secondary N) is 2. The molecule has 0 spiro atoms. The molecular formula is C12H16N4S. The quantitative estimate of drug-likeness (QED) is 0.575. The number of aryl methyl sites for hydroxylation is 2. The molecule has 17 heavy (non-hydrogen) atoms. The molecule has 2 aromatic rings.